The van der Waals surface area contributed by atoms with E-state index in [2.05, 4.69) is 10.6 Å². The van der Waals surface area contributed by atoms with Gasteiger partial charge in [0.1, 0.15) is 17.0 Å². The maximum Gasteiger partial charge on any atom is 0.339 e. The summed E-state index contributed by atoms with van der Waals surface area (Å²) >= 11 is 6.19. The summed E-state index contributed by atoms with van der Waals surface area (Å²) in [6.45, 7) is 0.191. The fourth-order valence-electron chi connectivity index (χ4n) is 5.57. The van der Waals surface area contributed by atoms with Crippen molar-refractivity contribution in [3.05, 3.63) is 88.4 Å². The molecular weight excluding hydrogens is 486 g/mol. The second-order valence-electron chi connectivity index (χ2n) is 9.49. The number of hydrogen-bond donors (Lipinski definition) is 3. The van der Waals surface area contributed by atoms with E-state index in [0.717, 1.165) is 49.8 Å². The smallest absolute Gasteiger partial charge is 0.339 e. The maximum absolute atomic E-state index is 14.2. The van der Waals surface area contributed by atoms with Gasteiger partial charge in [0.15, 0.2) is 11.6 Å². The zero-order valence-corrected chi connectivity index (χ0v) is 20.3. The third kappa shape index (κ3) is 4.60. The molecule has 0 bridgehead atoms. The van der Waals surface area contributed by atoms with E-state index >= 15 is 0 Å². The van der Waals surface area contributed by atoms with Crippen molar-refractivity contribution in [2.75, 3.05) is 17.2 Å². The number of halogens is 3. The van der Waals surface area contributed by atoms with E-state index in [1.54, 1.807) is 30.3 Å². The van der Waals surface area contributed by atoms with Crippen LogP contribution >= 0.6 is 11.6 Å². The number of hydrogen-bond acceptors (Lipinski definition) is 4. The van der Waals surface area contributed by atoms with Gasteiger partial charge in [-0.15, -0.1) is 0 Å². The van der Waals surface area contributed by atoms with E-state index in [-0.39, 0.29) is 29.8 Å². The molecular formula is C28H27ClF2N2O3. The number of carbonyl (C=O) groups is 1. The molecule has 1 heterocycles. The van der Waals surface area contributed by atoms with Crippen molar-refractivity contribution in [2.45, 2.75) is 37.8 Å². The average molecular weight is 513 g/mol. The van der Waals surface area contributed by atoms with Crippen molar-refractivity contribution in [1.82, 2.24) is 0 Å². The highest BCUT2D eigenvalue weighted by Gasteiger charge is 2.49. The summed E-state index contributed by atoms with van der Waals surface area (Å²) in [5.74, 6) is -2.64. The minimum absolute atomic E-state index is 0.0835. The fourth-order valence-corrected chi connectivity index (χ4v) is 5.69. The first-order valence-corrected chi connectivity index (χ1v) is 12.5. The molecule has 0 aromatic heterocycles. The summed E-state index contributed by atoms with van der Waals surface area (Å²) in [7, 11) is 0. The average Bonchev–Trinajstić information content (AvgIpc) is 3.24. The summed E-state index contributed by atoms with van der Waals surface area (Å²) < 4.78 is 34.6. The molecule has 2 aliphatic rings. The molecule has 1 fully saturated rings. The summed E-state index contributed by atoms with van der Waals surface area (Å²) in [4.78, 5) is 11.8. The first-order valence-electron chi connectivity index (χ1n) is 12.1. The Morgan fingerprint density at radius 2 is 1.61 bits per heavy atom. The molecule has 3 aromatic carbocycles. The Kier molecular flexibility index (Phi) is 6.75. The van der Waals surface area contributed by atoms with Gasteiger partial charge >= 0.3 is 5.97 Å². The van der Waals surface area contributed by atoms with Crippen LogP contribution in [0.5, 0.6) is 5.75 Å². The van der Waals surface area contributed by atoms with Gasteiger partial charge in [0.05, 0.1) is 18.0 Å². The van der Waals surface area contributed by atoms with Crippen molar-refractivity contribution < 1.29 is 23.4 Å². The molecule has 3 aromatic rings. The molecule has 0 spiro atoms. The zero-order chi connectivity index (χ0) is 25.3. The van der Waals surface area contributed by atoms with Gasteiger partial charge < -0.3 is 20.5 Å². The molecule has 1 aliphatic carbocycles. The maximum atomic E-state index is 14.2. The van der Waals surface area contributed by atoms with Crippen molar-refractivity contribution in [3.8, 4) is 5.75 Å². The molecule has 1 aliphatic heterocycles. The molecule has 1 saturated carbocycles. The Labute approximate surface area is 213 Å². The predicted octanol–water partition coefficient (Wildman–Crippen LogP) is 7.28. The van der Waals surface area contributed by atoms with Crippen LogP contribution in [0.25, 0.3) is 0 Å². The molecule has 5 rings (SSSR count). The molecule has 36 heavy (non-hydrogen) atoms. The predicted molar refractivity (Wildman–Crippen MR) is 136 cm³/mol. The van der Waals surface area contributed by atoms with Gasteiger partial charge in [-0.25, -0.2) is 13.6 Å². The lowest BCUT2D eigenvalue weighted by Gasteiger charge is -2.44. The molecule has 0 radical (unpaired) electrons. The van der Waals surface area contributed by atoms with Gasteiger partial charge in [-0.2, -0.15) is 0 Å². The van der Waals surface area contributed by atoms with Gasteiger partial charge in [0.25, 0.3) is 0 Å². The molecule has 0 amide bonds. The number of benzene rings is 3. The van der Waals surface area contributed by atoms with Crippen molar-refractivity contribution in [1.29, 1.82) is 0 Å². The van der Waals surface area contributed by atoms with Crippen LogP contribution < -0.4 is 15.4 Å². The number of ether oxygens (including phenoxy) is 1. The first kappa shape index (κ1) is 24.4. The summed E-state index contributed by atoms with van der Waals surface area (Å²) in [5, 5.41) is 17.1. The van der Waals surface area contributed by atoms with E-state index in [0.29, 0.717) is 16.4 Å². The highest BCUT2D eigenvalue weighted by atomic mass is 35.5. The van der Waals surface area contributed by atoms with Crippen LogP contribution in [0.3, 0.4) is 0 Å². The van der Waals surface area contributed by atoms with Gasteiger partial charge in [-0.3, -0.25) is 0 Å². The number of rotatable bonds is 7. The normalized spacial score (nSPS) is 17.5. The van der Waals surface area contributed by atoms with Crippen LogP contribution in [0.4, 0.5) is 20.2 Å². The zero-order valence-electron chi connectivity index (χ0n) is 19.6. The van der Waals surface area contributed by atoms with Crippen LogP contribution in [0.1, 0.15) is 48.0 Å². The van der Waals surface area contributed by atoms with Crippen LogP contribution in [-0.4, -0.2) is 17.7 Å². The summed E-state index contributed by atoms with van der Waals surface area (Å²) in [6, 6.07) is 16.2. The lowest BCUT2D eigenvalue weighted by Crippen LogP contribution is -2.51. The van der Waals surface area contributed by atoms with Crippen LogP contribution in [0.15, 0.2) is 60.7 Å². The molecule has 3 N–H and O–H groups in total. The van der Waals surface area contributed by atoms with E-state index in [9.17, 15) is 18.7 Å². The van der Waals surface area contributed by atoms with E-state index < -0.39 is 23.3 Å². The standard InChI is InChI=1S/C28H27ClF2N2O3/c29-19-12-10-18(11-13-19)28(32-24-14-22(30)23(31)15-25(24)33-28)21(17-6-2-1-3-7-17)16-36-26-9-5-4-8-20(26)27(34)35/h4-5,8-15,17,21,32-33H,1-3,6-7,16H2,(H,34,35). The quantitative estimate of drug-likeness (QED) is 0.310. The van der Waals surface area contributed by atoms with Crippen molar-refractivity contribution in [2.24, 2.45) is 11.8 Å². The van der Waals surface area contributed by atoms with Crippen molar-refractivity contribution >= 4 is 28.9 Å². The largest absolute Gasteiger partial charge is 0.492 e. The lowest BCUT2D eigenvalue weighted by atomic mass is 9.72. The molecule has 1 unspecified atom stereocenters. The van der Waals surface area contributed by atoms with Gasteiger partial charge in [-0.1, -0.05) is 55.1 Å². The Bertz CT molecular complexity index is 1230. The van der Waals surface area contributed by atoms with Crippen LogP contribution in [0, 0.1) is 23.5 Å². The number of nitrogens with one attached hydrogen (secondary N) is 2. The Hall–Kier alpha value is -3.32. The number of fused-ring (bicyclic) bond motifs is 1. The number of aromatic carboxylic acids is 1. The fraction of sp³-hybridized carbons (Fsp3) is 0.321. The highest BCUT2D eigenvalue weighted by Crippen LogP contribution is 2.49. The van der Waals surface area contributed by atoms with E-state index in [1.807, 2.05) is 12.1 Å². The molecule has 188 valence electrons. The van der Waals surface area contributed by atoms with Gasteiger partial charge in [0.2, 0.25) is 0 Å². The molecule has 1 atom stereocenters. The molecule has 0 saturated heterocycles. The third-order valence-electron chi connectivity index (χ3n) is 7.33. The number of para-hydroxylation sites is 1. The van der Waals surface area contributed by atoms with Crippen LogP contribution in [-0.2, 0) is 5.66 Å². The first-order chi connectivity index (χ1) is 17.4. The lowest BCUT2D eigenvalue weighted by molar-refractivity contribution is 0.0685. The van der Waals surface area contributed by atoms with Gasteiger partial charge in [-0.05, 0) is 48.6 Å². The Balaban J connectivity index is 1.58. The van der Waals surface area contributed by atoms with E-state index in [4.69, 9.17) is 16.3 Å². The number of anilines is 2. The highest BCUT2D eigenvalue weighted by molar-refractivity contribution is 6.30. The number of carboxylic acids is 1. The minimum atomic E-state index is -1.07. The molecule has 5 nitrogen and oxygen atoms in total. The summed E-state index contributed by atoms with van der Waals surface area (Å²) in [6.07, 6.45) is 5.22. The summed E-state index contributed by atoms with van der Waals surface area (Å²) in [5.41, 5.74) is 0.883. The Morgan fingerprint density at radius 1 is 1.00 bits per heavy atom. The van der Waals surface area contributed by atoms with E-state index in [1.165, 1.54) is 6.07 Å². The second kappa shape index (κ2) is 9.97. The second-order valence-corrected chi connectivity index (χ2v) is 9.93. The molecule has 8 heteroatoms. The minimum Gasteiger partial charge on any atom is -0.492 e. The topological polar surface area (TPSA) is 70.6 Å². The number of carboxylic acid groups (broad SMARTS) is 1. The SMILES string of the molecule is O=C(O)c1ccccc1OCC(C1CCCCC1)C1(c2ccc(Cl)cc2)Nc2cc(F)c(F)cc2N1. The van der Waals surface area contributed by atoms with Gasteiger partial charge in [0, 0.05) is 23.1 Å². The third-order valence-corrected chi connectivity index (χ3v) is 7.59. The van der Waals surface area contributed by atoms with Crippen LogP contribution in [0.2, 0.25) is 5.02 Å². The Morgan fingerprint density at radius 3 is 2.22 bits per heavy atom. The monoisotopic (exact) mass is 512 g/mol. The van der Waals surface area contributed by atoms with Crippen molar-refractivity contribution in [3.63, 3.8) is 0 Å².